The Bertz CT molecular complexity index is 1010. The number of benzene rings is 1. The number of anilines is 1. The molecule has 0 unspecified atom stereocenters. The zero-order chi connectivity index (χ0) is 18.1. The van der Waals surface area contributed by atoms with Crippen molar-refractivity contribution in [1.82, 2.24) is 19.5 Å². The summed E-state index contributed by atoms with van der Waals surface area (Å²) in [5.74, 6) is 0.965. The number of piperazine rings is 1. The van der Waals surface area contributed by atoms with Gasteiger partial charge in [0.1, 0.15) is 5.82 Å². The minimum Gasteiger partial charge on any atom is -0.353 e. The molecular formula is C18H21N5O2S. The molecule has 0 atom stereocenters. The van der Waals surface area contributed by atoms with Gasteiger partial charge in [-0.25, -0.2) is 17.9 Å². The van der Waals surface area contributed by atoms with Crippen LogP contribution in [0.15, 0.2) is 53.7 Å². The normalized spacial score (nSPS) is 16.3. The van der Waals surface area contributed by atoms with Crippen LogP contribution in [-0.2, 0) is 16.4 Å². The average Bonchev–Trinajstić information content (AvgIpc) is 3.10. The van der Waals surface area contributed by atoms with Gasteiger partial charge in [-0.1, -0.05) is 12.1 Å². The molecule has 0 saturated carbocycles. The molecule has 0 N–H and O–H groups in total. The van der Waals surface area contributed by atoms with Crippen LogP contribution in [0.5, 0.6) is 0 Å². The molecule has 0 amide bonds. The lowest BCUT2D eigenvalue weighted by Gasteiger charge is -2.35. The van der Waals surface area contributed by atoms with E-state index in [1.54, 1.807) is 22.8 Å². The van der Waals surface area contributed by atoms with Gasteiger partial charge in [-0.05, 0) is 29.8 Å². The van der Waals surface area contributed by atoms with Crippen molar-refractivity contribution < 1.29 is 8.42 Å². The lowest BCUT2D eigenvalue weighted by molar-refractivity contribution is 0.249. The molecule has 4 rings (SSSR count). The highest BCUT2D eigenvalue weighted by atomic mass is 32.2. The zero-order valence-electron chi connectivity index (χ0n) is 14.6. The molecular weight excluding hydrogens is 350 g/mol. The topological polar surface area (TPSA) is 70.8 Å². The van der Waals surface area contributed by atoms with Crippen LogP contribution in [0.2, 0.25) is 0 Å². The molecule has 0 spiro atoms. The second-order valence-corrected chi connectivity index (χ2v) is 8.62. The Kier molecular flexibility index (Phi) is 4.37. The van der Waals surface area contributed by atoms with Crippen molar-refractivity contribution >= 4 is 21.3 Å². The van der Waals surface area contributed by atoms with E-state index in [-0.39, 0.29) is 0 Å². The Labute approximate surface area is 152 Å². The first-order valence-corrected chi connectivity index (χ1v) is 10.4. The minimum atomic E-state index is -3.14. The highest BCUT2D eigenvalue weighted by Crippen LogP contribution is 2.17. The number of imidazole rings is 1. The summed E-state index contributed by atoms with van der Waals surface area (Å²) < 4.78 is 24.9. The maximum Gasteiger partial charge on any atom is 0.175 e. The van der Waals surface area contributed by atoms with E-state index >= 15 is 0 Å². The molecule has 0 bridgehead atoms. The van der Waals surface area contributed by atoms with Crippen molar-refractivity contribution in [1.29, 1.82) is 0 Å². The monoisotopic (exact) mass is 371 g/mol. The van der Waals surface area contributed by atoms with E-state index in [0.29, 0.717) is 4.90 Å². The van der Waals surface area contributed by atoms with Crippen molar-refractivity contribution in [3.8, 4) is 0 Å². The van der Waals surface area contributed by atoms with Crippen molar-refractivity contribution in [2.45, 2.75) is 11.4 Å². The average molecular weight is 371 g/mol. The lowest BCUT2D eigenvalue weighted by atomic mass is 10.2. The summed E-state index contributed by atoms with van der Waals surface area (Å²) in [4.78, 5) is 9.25. The first-order valence-electron chi connectivity index (χ1n) is 8.56. The standard InChI is InChI=1S/C18H21N5O2S/c1-26(24,25)16-4-2-15(3-5-16)14-21-10-12-22(13-11-21)18-7-6-17-19-8-9-23(17)20-18/h2-9H,10-14H2,1H3. The van der Waals surface area contributed by atoms with E-state index in [0.717, 1.165) is 49.8 Å². The largest absolute Gasteiger partial charge is 0.353 e. The maximum absolute atomic E-state index is 11.5. The van der Waals surface area contributed by atoms with Gasteiger partial charge in [0.05, 0.1) is 4.90 Å². The quantitative estimate of drug-likeness (QED) is 0.691. The van der Waals surface area contributed by atoms with Crippen LogP contribution in [0.4, 0.5) is 5.82 Å². The summed E-state index contributed by atoms with van der Waals surface area (Å²) in [7, 11) is -3.14. The van der Waals surface area contributed by atoms with Crippen molar-refractivity contribution in [3.05, 3.63) is 54.4 Å². The third-order valence-corrected chi connectivity index (χ3v) is 5.82. The molecule has 0 radical (unpaired) electrons. The van der Waals surface area contributed by atoms with E-state index in [1.165, 1.54) is 6.26 Å². The van der Waals surface area contributed by atoms with Gasteiger partial charge in [-0.2, -0.15) is 0 Å². The third kappa shape index (κ3) is 3.56. The zero-order valence-corrected chi connectivity index (χ0v) is 15.4. The van der Waals surface area contributed by atoms with E-state index in [9.17, 15) is 8.42 Å². The summed E-state index contributed by atoms with van der Waals surface area (Å²) in [6.45, 7) is 4.53. The van der Waals surface area contributed by atoms with Gasteiger partial charge in [0.15, 0.2) is 15.5 Å². The number of nitrogens with zero attached hydrogens (tertiary/aromatic N) is 5. The lowest BCUT2D eigenvalue weighted by Crippen LogP contribution is -2.46. The Morgan fingerprint density at radius 3 is 2.42 bits per heavy atom. The summed E-state index contributed by atoms with van der Waals surface area (Å²) in [5.41, 5.74) is 1.98. The maximum atomic E-state index is 11.5. The molecule has 3 aromatic rings. The van der Waals surface area contributed by atoms with E-state index < -0.39 is 9.84 Å². The van der Waals surface area contributed by atoms with Crippen molar-refractivity contribution in [2.24, 2.45) is 0 Å². The van der Waals surface area contributed by atoms with Gasteiger partial charge in [-0.3, -0.25) is 4.90 Å². The van der Waals surface area contributed by atoms with E-state index in [1.807, 2.05) is 30.5 Å². The fourth-order valence-corrected chi connectivity index (χ4v) is 3.84. The van der Waals surface area contributed by atoms with Gasteiger partial charge < -0.3 is 4.90 Å². The molecule has 0 aliphatic carbocycles. The molecule has 7 nitrogen and oxygen atoms in total. The fourth-order valence-electron chi connectivity index (χ4n) is 3.21. The molecule has 8 heteroatoms. The fraction of sp³-hybridized carbons (Fsp3) is 0.333. The van der Waals surface area contributed by atoms with Gasteiger partial charge in [0, 0.05) is 51.4 Å². The number of rotatable bonds is 4. The van der Waals surface area contributed by atoms with Gasteiger partial charge >= 0.3 is 0 Å². The SMILES string of the molecule is CS(=O)(=O)c1ccc(CN2CCN(c3ccc4nccn4n3)CC2)cc1. The van der Waals surface area contributed by atoms with Gasteiger partial charge in [0.25, 0.3) is 0 Å². The van der Waals surface area contributed by atoms with Gasteiger partial charge in [0.2, 0.25) is 0 Å². The smallest absolute Gasteiger partial charge is 0.175 e. The molecule has 136 valence electrons. The van der Waals surface area contributed by atoms with E-state index in [4.69, 9.17) is 0 Å². The van der Waals surface area contributed by atoms with Crippen LogP contribution in [0, 0.1) is 0 Å². The molecule has 1 saturated heterocycles. The first-order chi connectivity index (χ1) is 12.5. The van der Waals surface area contributed by atoms with Gasteiger partial charge in [-0.15, -0.1) is 5.10 Å². The number of hydrogen-bond donors (Lipinski definition) is 0. The highest BCUT2D eigenvalue weighted by Gasteiger charge is 2.19. The molecule has 1 aromatic carbocycles. The van der Waals surface area contributed by atoms with Crippen LogP contribution < -0.4 is 4.90 Å². The molecule has 2 aromatic heterocycles. The molecule has 1 aliphatic heterocycles. The summed E-state index contributed by atoms with van der Waals surface area (Å²) >= 11 is 0. The number of aromatic nitrogens is 3. The molecule has 1 aliphatic rings. The minimum absolute atomic E-state index is 0.368. The Hall–Kier alpha value is -2.45. The second kappa shape index (κ2) is 6.69. The van der Waals surface area contributed by atoms with Crippen LogP contribution in [0.3, 0.4) is 0 Å². The highest BCUT2D eigenvalue weighted by molar-refractivity contribution is 7.90. The van der Waals surface area contributed by atoms with Crippen molar-refractivity contribution in [3.63, 3.8) is 0 Å². The number of hydrogen-bond acceptors (Lipinski definition) is 6. The second-order valence-electron chi connectivity index (χ2n) is 6.60. The van der Waals surface area contributed by atoms with E-state index in [2.05, 4.69) is 19.9 Å². The summed E-state index contributed by atoms with van der Waals surface area (Å²) in [6, 6.07) is 11.2. The summed E-state index contributed by atoms with van der Waals surface area (Å²) in [5, 5.41) is 4.61. The Morgan fingerprint density at radius 1 is 1.00 bits per heavy atom. The molecule has 3 heterocycles. The molecule has 1 fully saturated rings. The number of sulfone groups is 1. The number of fused-ring (bicyclic) bond motifs is 1. The van der Waals surface area contributed by atoms with Crippen LogP contribution in [0.1, 0.15) is 5.56 Å². The summed E-state index contributed by atoms with van der Waals surface area (Å²) in [6.07, 6.45) is 4.84. The predicted molar refractivity (Wildman–Crippen MR) is 100 cm³/mol. The van der Waals surface area contributed by atoms with Crippen LogP contribution >= 0.6 is 0 Å². The van der Waals surface area contributed by atoms with Crippen LogP contribution in [-0.4, -0.2) is 60.4 Å². The molecule has 26 heavy (non-hydrogen) atoms. The third-order valence-electron chi connectivity index (χ3n) is 4.70. The van der Waals surface area contributed by atoms with Crippen molar-refractivity contribution in [2.75, 3.05) is 37.3 Å². The first kappa shape index (κ1) is 17.0. The van der Waals surface area contributed by atoms with Crippen LogP contribution in [0.25, 0.3) is 5.65 Å². The predicted octanol–water partition coefficient (Wildman–Crippen LogP) is 1.45. The Morgan fingerprint density at radius 2 is 1.73 bits per heavy atom. The Balaban J connectivity index is 1.37.